The third-order valence-corrected chi connectivity index (χ3v) is 6.38. The van der Waals surface area contributed by atoms with Gasteiger partial charge in [-0.2, -0.15) is 0 Å². The number of amides is 2. The van der Waals surface area contributed by atoms with Crippen molar-refractivity contribution in [1.82, 2.24) is 20.1 Å². The first-order chi connectivity index (χ1) is 17.1. The van der Waals surface area contributed by atoms with E-state index in [0.29, 0.717) is 48.1 Å². The van der Waals surface area contributed by atoms with E-state index in [1.54, 1.807) is 22.8 Å². The maximum absolute atomic E-state index is 14.4. The number of benzene rings is 1. The number of aromatic nitrogens is 2. The van der Waals surface area contributed by atoms with Gasteiger partial charge in [0.2, 0.25) is 11.8 Å². The molecule has 1 aromatic heterocycles. The van der Waals surface area contributed by atoms with Crippen LogP contribution in [0.2, 0.25) is 0 Å². The zero-order chi connectivity index (χ0) is 26.2. The summed E-state index contributed by atoms with van der Waals surface area (Å²) in [6, 6.07) is 4.52. The number of carbonyl (C=O) groups is 2. The molecule has 2 heterocycles. The number of aryl methyl sites for hydroxylation is 1. The fourth-order valence-corrected chi connectivity index (χ4v) is 4.69. The Kier molecular flexibility index (Phi) is 9.98. The third kappa shape index (κ3) is 7.85. The summed E-state index contributed by atoms with van der Waals surface area (Å²) in [6.45, 7) is 14.1. The summed E-state index contributed by atoms with van der Waals surface area (Å²) in [4.78, 5) is 32.6. The van der Waals surface area contributed by atoms with Gasteiger partial charge in [0.1, 0.15) is 17.2 Å². The van der Waals surface area contributed by atoms with Crippen LogP contribution in [0, 0.1) is 24.6 Å². The number of rotatable bonds is 6. The second-order valence-corrected chi connectivity index (χ2v) is 10.6. The summed E-state index contributed by atoms with van der Waals surface area (Å²) in [6.07, 6.45) is 2.10. The minimum atomic E-state index is -0.385. The first-order valence-corrected chi connectivity index (χ1v) is 13.0. The molecule has 0 unspecified atom stereocenters. The molecule has 0 spiro atoms. The SMILES string of the molecule is Cc1nonc1CC(=O)N1CCCN(CC(C)C)CCCN(C(=O)CC(C)C)c2ccc(F)cc2C1. The molecule has 1 aromatic carbocycles. The van der Waals surface area contributed by atoms with Crippen molar-refractivity contribution in [1.29, 1.82) is 0 Å². The van der Waals surface area contributed by atoms with Crippen molar-refractivity contribution in [2.45, 2.75) is 66.8 Å². The molecule has 3 rings (SSSR count). The fourth-order valence-electron chi connectivity index (χ4n) is 4.69. The van der Waals surface area contributed by atoms with Gasteiger partial charge in [0, 0.05) is 38.3 Å². The second-order valence-electron chi connectivity index (χ2n) is 10.6. The molecular formula is C27H40FN5O3. The summed E-state index contributed by atoms with van der Waals surface area (Å²) in [5.41, 5.74) is 2.39. The van der Waals surface area contributed by atoms with Gasteiger partial charge >= 0.3 is 0 Å². The van der Waals surface area contributed by atoms with Crippen molar-refractivity contribution in [2.75, 3.05) is 37.6 Å². The molecule has 0 radical (unpaired) electrons. The normalized spacial score (nSPS) is 16.1. The van der Waals surface area contributed by atoms with Crippen LogP contribution < -0.4 is 4.90 Å². The number of fused-ring (bicyclic) bond motifs is 1. The molecule has 36 heavy (non-hydrogen) atoms. The van der Waals surface area contributed by atoms with Crippen LogP contribution in [0.4, 0.5) is 10.1 Å². The molecule has 2 aromatic rings. The van der Waals surface area contributed by atoms with Crippen LogP contribution in [-0.4, -0.2) is 64.7 Å². The molecule has 198 valence electrons. The van der Waals surface area contributed by atoms with Gasteiger partial charge < -0.3 is 14.7 Å². The van der Waals surface area contributed by atoms with Crippen LogP contribution in [0.5, 0.6) is 0 Å². The Bertz CT molecular complexity index is 1020. The molecule has 0 aliphatic carbocycles. The predicted molar refractivity (Wildman–Crippen MR) is 137 cm³/mol. The lowest BCUT2D eigenvalue weighted by Crippen LogP contribution is -2.40. The van der Waals surface area contributed by atoms with Crippen LogP contribution in [-0.2, 0) is 22.6 Å². The predicted octanol–water partition coefficient (Wildman–Crippen LogP) is 4.22. The Morgan fingerprint density at radius 1 is 1.00 bits per heavy atom. The Morgan fingerprint density at radius 2 is 1.72 bits per heavy atom. The average Bonchev–Trinajstić information content (AvgIpc) is 3.18. The highest BCUT2D eigenvalue weighted by Crippen LogP contribution is 2.26. The van der Waals surface area contributed by atoms with Crippen molar-refractivity contribution < 1.29 is 18.6 Å². The average molecular weight is 502 g/mol. The number of hydrogen-bond donors (Lipinski definition) is 0. The van der Waals surface area contributed by atoms with E-state index in [1.165, 1.54) is 12.1 Å². The first kappa shape index (κ1) is 27.8. The monoisotopic (exact) mass is 501 g/mol. The molecule has 2 amide bonds. The van der Waals surface area contributed by atoms with E-state index in [-0.39, 0.29) is 36.5 Å². The van der Waals surface area contributed by atoms with Crippen molar-refractivity contribution in [2.24, 2.45) is 11.8 Å². The maximum Gasteiger partial charge on any atom is 0.229 e. The standard InChI is InChI=1S/C27H40FN5O3/c1-19(2)14-27(35)33-13-7-11-31(17-20(3)4)10-6-12-32(18-22-15-23(28)8-9-25(22)33)26(34)16-24-21(5)29-36-30-24/h8-9,15,19-20H,6-7,10-14,16-18H2,1-5H3. The zero-order valence-electron chi connectivity index (χ0n) is 22.3. The highest BCUT2D eigenvalue weighted by atomic mass is 19.1. The number of carbonyl (C=O) groups excluding carboxylic acids is 2. The smallest absolute Gasteiger partial charge is 0.229 e. The van der Waals surface area contributed by atoms with E-state index in [1.807, 2.05) is 13.8 Å². The van der Waals surface area contributed by atoms with Gasteiger partial charge in [-0.15, -0.1) is 0 Å². The Labute approximate surface area is 213 Å². The third-order valence-electron chi connectivity index (χ3n) is 6.38. The van der Waals surface area contributed by atoms with Crippen molar-refractivity contribution in [3.05, 3.63) is 41.0 Å². The van der Waals surface area contributed by atoms with Crippen molar-refractivity contribution in [3.8, 4) is 0 Å². The topological polar surface area (TPSA) is 82.8 Å². The lowest BCUT2D eigenvalue weighted by Gasteiger charge is -2.32. The zero-order valence-corrected chi connectivity index (χ0v) is 22.3. The molecule has 0 N–H and O–H groups in total. The molecule has 0 atom stereocenters. The highest BCUT2D eigenvalue weighted by molar-refractivity contribution is 5.94. The minimum absolute atomic E-state index is 0.0208. The molecule has 9 heteroatoms. The lowest BCUT2D eigenvalue weighted by atomic mass is 10.1. The fraction of sp³-hybridized carbons (Fsp3) is 0.630. The number of hydrogen-bond acceptors (Lipinski definition) is 6. The molecule has 0 bridgehead atoms. The molecule has 1 aliphatic rings. The van der Waals surface area contributed by atoms with E-state index in [2.05, 4.69) is 29.1 Å². The van der Waals surface area contributed by atoms with Gasteiger partial charge in [-0.05, 0) is 68.5 Å². The number of nitrogens with zero attached hydrogens (tertiary/aromatic N) is 5. The molecule has 0 fully saturated rings. The summed E-state index contributed by atoms with van der Waals surface area (Å²) >= 11 is 0. The van der Waals surface area contributed by atoms with Crippen LogP contribution in [0.25, 0.3) is 0 Å². The van der Waals surface area contributed by atoms with E-state index < -0.39 is 0 Å². The maximum atomic E-state index is 14.4. The number of halogens is 1. The van der Waals surface area contributed by atoms with Crippen LogP contribution in [0.15, 0.2) is 22.8 Å². The van der Waals surface area contributed by atoms with E-state index in [9.17, 15) is 14.0 Å². The first-order valence-electron chi connectivity index (χ1n) is 13.0. The summed E-state index contributed by atoms with van der Waals surface area (Å²) in [5, 5.41) is 7.64. The molecule has 8 nitrogen and oxygen atoms in total. The van der Waals surface area contributed by atoms with Gasteiger partial charge in [0.25, 0.3) is 0 Å². The lowest BCUT2D eigenvalue weighted by molar-refractivity contribution is -0.131. The van der Waals surface area contributed by atoms with E-state index in [0.717, 1.165) is 32.5 Å². The van der Waals surface area contributed by atoms with Crippen molar-refractivity contribution in [3.63, 3.8) is 0 Å². The molecule has 0 saturated carbocycles. The highest BCUT2D eigenvalue weighted by Gasteiger charge is 2.25. The van der Waals surface area contributed by atoms with Crippen LogP contribution in [0.1, 0.15) is 63.9 Å². The largest absolute Gasteiger partial charge is 0.338 e. The van der Waals surface area contributed by atoms with Crippen LogP contribution in [0.3, 0.4) is 0 Å². The summed E-state index contributed by atoms with van der Waals surface area (Å²) in [5.74, 6) is 0.228. The Hall–Kier alpha value is -2.81. The van der Waals surface area contributed by atoms with Crippen molar-refractivity contribution >= 4 is 17.5 Å². The van der Waals surface area contributed by atoms with Crippen LogP contribution >= 0.6 is 0 Å². The van der Waals surface area contributed by atoms with Gasteiger partial charge in [-0.25, -0.2) is 9.02 Å². The van der Waals surface area contributed by atoms with Gasteiger partial charge in [0.15, 0.2) is 0 Å². The van der Waals surface area contributed by atoms with Gasteiger partial charge in [-0.3, -0.25) is 9.59 Å². The molecular weight excluding hydrogens is 461 g/mol. The van der Waals surface area contributed by atoms with E-state index >= 15 is 0 Å². The Balaban J connectivity index is 1.96. The molecule has 0 saturated heterocycles. The van der Waals surface area contributed by atoms with Gasteiger partial charge in [-0.1, -0.05) is 38.0 Å². The van der Waals surface area contributed by atoms with E-state index in [4.69, 9.17) is 4.63 Å². The number of anilines is 1. The summed E-state index contributed by atoms with van der Waals surface area (Å²) < 4.78 is 19.2. The minimum Gasteiger partial charge on any atom is -0.338 e. The summed E-state index contributed by atoms with van der Waals surface area (Å²) in [7, 11) is 0. The second kappa shape index (κ2) is 12.9. The molecule has 1 aliphatic heterocycles. The Morgan fingerprint density at radius 3 is 2.36 bits per heavy atom. The quantitative estimate of drug-likeness (QED) is 0.590. The van der Waals surface area contributed by atoms with Gasteiger partial charge in [0.05, 0.1) is 6.42 Å².